The second kappa shape index (κ2) is 10.9. The van der Waals surface area contributed by atoms with Gasteiger partial charge in [-0.3, -0.25) is 9.89 Å². The van der Waals surface area contributed by atoms with Gasteiger partial charge in [-0.25, -0.2) is 8.42 Å². The molecule has 1 aliphatic heterocycles. The van der Waals surface area contributed by atoms with E-state index < -0.39 is 9.84 Å². The minimum atomic E-state index is -2.81. The van der Waals surface area contributed by atoms with Gasteiger partial charge in [-0.05, 0) is 19.1 Å². The summed E-state index contributed by atoms with van der Waals surface area (Å²) in [6.07, 6.45) is 2.48. The van der Waals surface area contributed by atoms with Crippen LogP contribution in [-0.2, 0) is 16.3 Å². The molecule has 0 unspecified atom stereocenters. The van der Waals surface area contributed by atoms with Crippen LogP contribution in [0, 0.1) is 0 Å². The number of hydrogen-bond acceptors (Lipinski definition) is 5. The van der Waals surface area contributed by atoms with Crippen LogP contribution in [0.25, 0.3) is 0 Å². The number of guanidine groups is 1. The molecule has 0 aliphatic carbocycles. The van der Waals surface area contributed by atoms with Gasteiger partial charge in [0.25, 0.3) is 0 Å². The van der Waals surface area contributed by atoms with Gasteiger partial charge in [-0.15, -0.1) is 24.0 Å². The molecule has 1 aromatic rings. The van der Waals surface area contributed by atoms with Crippen LogP contribution in [0.2, 0.25) is 0 Å². The Balaban J connectivity index is 0.00000288. The summed E-state index contributed by atoms with van der Waals surface area (Å²) in [5.41, 5.74) is 0. The van der Waals surface area contributed by atoms with Gasteiger partial charge in [0.1, 0.15) is 5.76 Å². The molecule has 24 heavy (non-hydrogen) atoms. The smallest absolute Gasteiger partial charge is 0.191 e. The fourth-order valence-corrected chi connectivity index (χ4v) is 3.65. The Kier molecular flexibility index (Phi) is 9.67. The molecule has 9 heteroatoms. The highest BCUT2D eigenvalue weighted by Gasteiger charge is 2.20. The lowest BCUT2D eigenvalue weighted by molar-refractivity contribution is 0.304. The van der Waals surface area contributed by atoms with E-state index >= 15 is 0 Å². The lowest BCUT2D eigenvalue weighted by Crippen LogP contribution is -2.42. The van der Waals surface area contributed by atoms with Gasteiger partial charge in [0, 0.05) is 39.1 Å². The predicted molar refractivity (Wildman–Crippen MR) is 107 cm³/mol. The summed E-state index contributed by atoms with van der Waals surface area (Å²) < 4.78 is 28.1. The zero-order chi connectivity index (χ0) is 16.5. The molecule has 0 spiro atoms. The Morgan fingerprint density at radius 2 is 2.08 bits per heavy atom. The zero-order valence-electron chi connectivity index (χ0n) is 14.0. The third-order valence-corrected chi connectivity index (χ3v) is 5.32. The number of nitrogens with zero attached hydrogens (tertiary/aromatic N) is 2. The molecule has 1 saturated heterocycles. The first-order valence-corrected chi connectivity index (χ1v) is 9.88. The third-order valence-electron chi connectivity index (χ3n) is 3.71. The van der Waals surface area contributed by atoms with Crippen molar-refractivity contribution in [1.29, 1.82) is 0 Å². The van der Waals surface area contributed by atoms with Gasteiger partial charge >= 0.3 is 0 Å². The largest absolute Gasteiger partial charge is 0.469 e. The van der Waals surface area contributed by atoms with Crippen molar-refractivity contribution >= 4 is 39.8 Å². The molecule has 0 bridgehead atoms. The minimum Gasteiger partial charge on any atom is -0.469 e. The Morgan fingerprint density at radius 3 is 2.71 bits per heavy atom. The van der Waals surface area contributed by atoms with Crippen LogP contribution in [0.1, 0.15) is 12.7 Å². The monoisotopic (exact) mass is 470 g/mol. The highest BCUT2D eigenvalue weighted by molar-refractivity contribution is 14.0. The molecular formula is C15H27IN4O3S. The van der Waals surface area contributed by atoms with E-state index in [-0.39, 0.29) is 35.5 Å². The molecular weight excluding hydrogens is 443 g/mol. The topological polar surface area (TPSA) is 86.9 Å². The van der Waals surface area contributed by atoms with Crippen molar-refractivity contribution in [2.24, 2.45) is 4.99 Å². The average Bonchev–Trinajstić information content (AvgIpc) is 3.02. The number of nitrogens with one attached hydrogen (secondary N) is 2. The van der Waals surface area contributed by atoms with Crippen molar-refractivity contribution in [2.75, 3.05) is 50.8 Å². The fourth-order valence-electron chi connectivity index (χ4n) is 2.38. The van der Waals surface area contributed by atoms with Crippen LogP contribution >= 0.6 is 24.0 Å². The number of furan rings is 1. The Hall–Kier alpha value is -0.810. The zero-order valence-corrected chi connectivity index (χ0v) is 17.2. The van der Waals surface area contributed by atoms with Gasteiger partial charge < -0.3 is 15.1 Å². The van der Waals surface area contributed by atoms with Crippen LogP contribution in [0.15, 0.2) is 27.8 Å². The summed E-state index contributed by atoms with van der Waals surface area (Å²) in [7, 11) is -2.81. The summed E-state index contributed by atoms with van der Waals surface area (Å²) in [4.78, 5) is 6.69. The Labute approximate surface area is 161 Å². The van der Waals surface area contributed by atoms with E-state index in [4.69, 9.17) is 4.42 Å². The third kappa shape index (κ3) is 7.84. The molecule has 1 fully saturated rings. The molecule has 2 N–H and O–H groups in total. The molecule has 0 saturated carbocycles. The summed E-state index contributed by atoms with van der Waals surface area (Å²) in [6.45, 7) is 6.23. The minimum absolute atomic E-state index is 0. The lowest BCUT2D eigenvalue weighted by Gasteiger charge is -2.25. The highest BCUT2D eigenvalue weighted by Crippen LogP contribution is 2.03. The Bertz CT molecular complexity index is 576. The molecule has 1 aliphatic rings. The maximum absolute atomic E-state index is 11.4. The number of sulfone groups is 1. The summed E-state index contributed by atoms with van der Waals surface area (Å²) in [5, 5.41) is 6.48. The van der Waals surface area contributed by atoms with Crippen LogP contribution < -0.4 is 10.6 Å². The van der Waals surface area contributed by atoms with E-state index in [0.717, 1.165) is 37.8 Å². The quantitative estimate of drug-likeness (QED) is 0.347. The fraction of sp³-hybridized carbons (Fsp3) is 0.667. The first kappa shape index (κ1) is 21.2. The van der Waals surface area contributed by atoms with Crippen LogP contribution in [0.4, 0.5) is 0 Å². The number of aliphatic imine (C=N–C) groups is 1. The maximum Gasteiger partial charge on any atom is 0.191 e. The maximum atomic E-state index is 11.4. The first-order valence-electron chi connectivity index (χ1n) is 8.06. The normalized spacial score (nSPS) is 18.0. The molecule has 0 aromatic carbocycles. The molecule has 1 aromatic heterocycles. The van der Waals surface area contributed by atoms with E-state index in [2.05, 4.69) is 20.5 Å². The number of halogens is 1. The SMILES string of the molecule is CCNC(=NCCN1CCS(=O)(=O)CC1)NCCc1ccco1.I. The van der Waals surface area contributed by atoms with Crippen LogP contribution in [-0.4, -0.2) is 70.1 Å². The van der Waals surface area contributed by atoms with Crippen molar-refractivity contribution < 1.29 is 12.8 Å². The molecule has 2 rings (SSSR count). The van der Waals surface area contributed by atoms with Gasteiger partial charge in [-0.2, -0.15) is 0 Å². The van der Waals surface area contributed by atoms with E-state index in [1.54, 1.807) is 6.26 Å². The van der Waals surface area contributed by atoms with Crippen molar-refractivity contribution in [3.05, 3.63) is 24.2 Å². The van der Waals surface area contributed by atoms with E-state index in [1.807, 2.05) is 19.1 Å². The van der Waals surface area contributed by atoms with Gasteiger partial charge in [0.15, 0.2) is 15.8 Å². The molecule has 138 valence electrons. The second-order valence-corrected chi connectivity index (χ2v) is 7.81. The van der Waals surface area contributed by atoms with E-state index in [9.17, 15) is 8.42 Å². The van der Waals surface area contributed by atoms with Crippen molar-refractivity contribution in [3.8, 4) is 0 Å². The van der Waals surface area contributed by atoms with Gasteiger partial charge in [-0.1, -0.05) is 0 Å². The van der Waals surface area contributed by atoms with Crippen molar-refractivity contribution in [2.45, 2.75) is 13.3 Å². The van der Waals surface area contributed by atoms with Crippen molar-refractivity contribution in [1.82, 2.24) is 15.5 Å². The average molecular weight is 470 g/mol. The standard InChI is InChI=1S/C15H26N4O3S.HI/c1-2-16-15(17-6-5-14-4-3-11-22-14)18-7-8-19-9-12-23(20,21)13-10-19;/h3-4,11H,2,5-10,12-13H2,1H3,(H2,16,17,18);1H. The number of hydrogen-bond donors (Lipinski definition) is 2. The second-order valence-electron chi connectivity index (χ2n) is 5.51. The van der Waals surface area contributed by atoms with Crippen molar-refractivity contribution in [3.63, 3.8) is 0 Å². The predicted octanol–water partition coefficient (Wildman–Crippen LogP) is 0.726. The molecule has 7 nitrogen and oxygen atoms in total. The molecule has 0 radical (unpaired) electrons. The highest BCUT2D eigenvalue weighted by atomic mass is 127. The van der Waals surface area contributed by atoms with E-state index in [1.165, 1.54) is 0 Å². The molecule has 0 atom stereocenters. The summed E-state index contributed by atoms with van der Waals surface area (Å²) >= 11 is 0. The van der Waals surface area contributed by atoms with E-state index in [0.29, 0.717) is 19.6 Å². The van der Waals surface area contributed by atoms with Crippen LogP contribution in [0.3, 0.4) is 0 Å². The molecule has 0 amide bonds. The summed E-state index contributed by atoms with van der Waals surface area (Å²) in [6, 6.07) is 3.84. The first-order chi connectivity index (χ1) is 11.1. The Morgan fingerprint density at radius 1 is 1.33 bits per heavy atom. The summed E-state index contributed by atoms with van der Waals surface area (Å²) in [5.74, 6) is 2.25. The molecule has 2 heterocycles. The van der Waals surface area contributed by atoms with Gasteiger partial charge in [0.2, 0.25) is 0 Å². The lowest BCUT2D eigenvalue weighted by atomic mass is 10.3. The van der Waals surface area contributed by atoms with Gasteiger partial charge in [0.05, 0.1) is 24.3 Å². The van der Waals surface area contributed by atoms with Crippen LogP contribution in [0.5, 0.6) is 0 Å². The number of rotatable bonds is 7.